The number of thiophene rings is 1. The van der Waals surface area contributed by atoms with E-state index in [2.05, 4.69) is 28.2 Å². The summed E-state index contributed by atoms with van der Waals surface area (Å²) in [6.45, 7) is 2.05. The normalized spacial score (nSPS) is 12.4. The van der Waals surface area contributed by atoms with Crippen molar-refractivity contribution >= 4 is 33.2 Å². The van der Waals surface area contributed by atoms with Crippen LogP contribution in [0.5, 0.6) is 0 Å². The molecule has 0 spiro atoms. The summed E-state index contributed by atoms with van der Waals surface area (Å²) in [6, 6.07) is 4.24. The number of halogens is 1. The lowest BCUT2D eigenvalue weighted by Crippen LogP contribution is -2.33. The van der Waals surface area contributed by atoms with E-state index in [0.29, 0.717) is 6.42 Å². The molecule has 1 unspecified atom stereocenters. The molecule has 0 fully saturated rings. The first-order chi connectivity index (χ1) is 7.22. The van der Waals surface area contributed by atoms with Gasteiger partial charge in [-0.25, -0.2) is 0 Å². The molecule has 1 aromatic heterocycles. The minimum Gasteiger partial charge on any atom is -0.353 e. The smallest absolute Gasteiger partial charge is 0.225 e. The fraction of sp³-hybridized carbons (Fsp3) is 0.545. The van der Waals surface area contributed by atoms with Crippen LogP contribution in [0.2, 0.25) is 0 Å². The average molecular weight is 290 g/mol. The second-order valence-electron chi connectivity index (χ2n) is 3.56. The van der Waals surface area contributed by atoms with E-state index in [1.807, 2.05) is 17.5 Å². The molecule has 0 saturated carbocycles. The zero-order chi connectivity index (χ0) is 11.1. The van der Waals surface area contributed by atoms with Gasteiger partial charge in [-0.15, -0.1) is 11.3 Å². The highest BCUT2D eigenvalue weighted by Gasteiger charge is 2.07. The number of amides is 1. The van der Waals surface area contributed by atoms with Gasteiger partial charge in [-0.05, 0) is 31.2 Å². The van der Waals surface area contributed by atoms with Crippen LogP contribution in [-0.2, 0) is 11.2 Å². The predicted molar refractivity (Wildman–Crippen MR) is 68.7 cm³/mol. The summed E-state index contributed by atoms with van der Waals surface area (Å²) in [6.07, 6.45) is 2.64. The maximum Gasteiger partial charge on any atom is 0.225 e. The molecule has 4 heteroatoms. The third-order valence-electron chi connectivity index (χ3n) is 2.09. The summed E-state index contributed by atoms with van der Waals surface area (Å²) < 4.78 is 0. The van der Waals surface area contributed by atoms with Gasteiger partial charge in [-0.2, -0.15) is 0 Å². The summed E-state index contributed by atoms with van der Waals surface area (Å²) in [4.78, 5) is 12.7. The van der Waals surface area contributed by atoms with Crippen LogP contribution < -0.4 is 5.32 Å². The Hall–Kier alpha value is -0.350. The Kier molecular flexibility index (Phi) is 5.95. The van der Waals surface area contributed by atoms with Crippen molar-refractivity contribution in [3.63, 3.8) is 0 Å². The van der Waals surface area contributed by atoms with Gasteiger partial charge in [-0.1, -0.05) is 22.0 Å². The van der Waals surface area contributed by atoms with Crippen LogP contribution in [0, 0.1) is 0 Å². The Morgan fingerprint density at radius 2 is 2.47 bits per heavy atom. The van der Waals surface area contributed by atoms with Crippen LogP contribution in [0.25, 0.3) is 0 Å². The van der Waals surface area contributed by atoms with E-state index in [-0.39, 0.29) is 11.9 Å². The van der Waals surface area contributed by atoms with Gasteiger partial charge in [0.25, 0.3) is 0 Å². The van der Waals surface area contributed by atoms with E-state index in [9.17, 15) is 4.79 Å². The van der Waals surface area contributed by atoms with E-state index in [0.717, 1.165) is 23.0 Å². The van der Waals surface area contributed by atoms with Gasteiger partial charge in [0.15, 0.2) is 0 Å². The Morgan fingerprint density at radius 1 is 1.67 bits per heavy atom. The third kappa shape index (κ3) is 5.33. The number of hydrogen-bond acceptors (Lipinski definition) is 2. The fourth-order valence-electron chi connectivity index (χ4n) is 1.35. The van der Waals surface area contributed by atoms with Crippen LogP contribution in [-0.4, -0.2) is 17.3 Å². The van der Waals surface area contributed by atoms with Crippen molar-refractivity contribution in [2.24, 2.45) is 0 Å². The SMILES string of the molecule is CC(CCCBr)NC(=O)Cc1cccs1. The molecule has 1 aromatic rings. The number of nitrogens with one attached hydrogen (secondary N) is 1. The maximum absolute atomic E-state index is 11.6. The van der Waals surface area contributed by atoms with Gasteiger partial charge in [0.05, 0.1) is 6.42 Å². The molecule has 1 atom stereocenters. The molecule has 1 N–H and O–H groups in total. The van der Waals surface area contributed by atoms with Crippen molar-refractivity contribution < 1.29 is 4.79 Å². The lowest BCUT2D eigenvalue weighted by Gasteiger charge is -2.12. The zero-order valence-electron chi connectivity index (χ0n) is 8.83. The first kappa shape index (κ1) is 12.7. The zero-order valence-corrected chi connectivity index (χ0v) is 11.2. The van der Waals surface area contributed by atoms with E-state index < -0.39 is 0 Å². The lowest BCUT2D eigenvalue weighted by molar-refractivity contribution is -0.121. The van der Waals surface area contributed by atoms with Crippen LogP contribution in [0.4, 0.5) is 0 Å². The van der Waals surface area contributed by atoms with Gasteiger partial charge < -0.3 is 5.32 Å². The summed E-state index contributed by atoms with van der Waals surface area (Å²) in [5.41, 5.74) is 0. The molecule has 84 valence electrons. The summed E-state index contributed by atoms with van der Waals surface area (Å²) in [5, 5.41) is 5.99. The van der Waals surface area contributed by atoms with E-state index in [4.69, 9.17) is 0 Å². The van der Waals surface area contributed by atoms with Gasteiger partial charge in [0.2, 0.25) is 5.91 Å². The molecule has 15 heavy (non-hydrogen) atoms. The molecule has 0 aromatic carbocycles. The molecular weight excluding hydrogens is 274 g/mol. The van der Waals surface area contributed by atoms with Gasteiger partial charge in [0.1, 0.15) is 0 Å². The highest BCUT2D eigenvalue weighted by atomic mass is 79.9. The molecule has 0 aliphatic heterocycles. The average Bonchev–Trinajstić information content (AvgIpc) is 2.67. The van der Waals surface area contributed by atoms with E-state index in [1.165, 1.54) is 0 Å². The Bertz CT molecular complexity index is 287. The second kappa shape index (κ2) is 7.01. The summed E-state index contributed by atoms with van der Waals surface area (Å²) in [7, 11) is 0. The number of carbonyl (C=O) groups excluding carboxylic acids is 1. The maximum atomic E-state index is 11.6. The van der Waals surface area contributed by atoms with Gasteiger partial charge >= 0.3 is 0 Å². The monoisotopic (exact) mass is 289 g/mol. The predicted octanol–water partition coefficient (Wildman–Crippen LogP) is 2.97. The van der Waals surface area contributed by atoms with Crippen molar-refractivity contribution in [3.8, 4) is 0 Å². The van der Waals surface area contributed by atoms with Crippen molar-refractivity contribution in [2.45, 2.75) is 32.2 Å². The summed E-state index contributed by atoms with van der Waals surface area (Å²) in [5.74, 6) is 0.125. The highest BCUT2D eigenvalue weighted by molar-refractivity contribution is 9.09. The topological polar surface area (TPSA) is 29.1 Å². The van der Waals surface area contributed by atoms with Crippen molar-refractivity contribution in [3.05, 3.63) is 22.4 Å². The molecule has 1 amide bonds. The molecule has 0 aliphatic rings. The lowest BCUT2D eigenvalue weighted by atomic mass is 10.2. The molecular formula is C11H16BrNOS. The summed E-state index contributed by atoms with van der Waals surface area (Å²) >= 11 is 5.01. The van der Waals surface area contributed by atoms with Crippen LogP contribution in [0.15, 0.2) is 17.5 Å². The minimum absolute atomic E-state index is 0.125. The molecule has 0 bridgehead atoms. The van der Waals surface area contributed by atoms with E-state index in [1.54, 1.807) is 11.3 Å². The molecule has 0 aliphatic carbocycles. The fourth-order valence-corrected chi connectivity index (χ4v) is 2.38. The number of alkyl halides is 1. The number of carbonyl (C=O) groups is 1. The third-order valence-corrected chi connectivity index (χ3v) is 3.53. The number of hydrogen-bond donors (Lipinski definition) is 1. The first-order valence-corrected chi connectivity index (χ1v) is 7.10. The van der Waals surface area contributed by atoms with E-state index >= 15 is 0 Å². The van der Waals surface area contributed by atoms with Crippen molar-refractivity contribution in [1.29, 1.82) is 0 Å². The molecule has 0 radical (unpaired) electrons. The Labute approximate surface area is 103 Å². The standard InChI is InChI=1S/C11H16BrNOS/c1-9(4-2-6-12)13-11(14)8-10-5-3-7-15-10/h3,5,7,9H,2,4,6,8H2,1H3,(H,13,14). The van der Waals surface area contributed by atoms with Gasteiger partial charge in [-0.3, -0.25) is 4.79 Å². The highest BCUT2D eigenvalue weighted by Crippen LogP contribution is 2.09. The first-order valence-electron chi connectivity index (χ1n) is 5.10. The Balaban J connectivity index is 2.23. The van der Waals surface area contributed by atoms with Crippen LogP contribution in [0.3, 0.4) is 0 Å². The largest absolute Gasteiger partial charge is 0.353 e. The van der Waals surface area contributed by atoms with Crippen molar-refractivity contribution in [2.75, 3.05) is 5.33 Å². The second-order valence-corrected chi connectivity index (χ2v) is 5.38. The van der Waals surface area contributed by atoms with Crippen LogP contribution >= 0.6 is 27.3 Å². The van der Waals surface area contributed by atoms with Gasteiger partial charge in [0, 0.05) is 16.2 Å². The molecule has 2 nitrogen and oxygen atoms in total. The Morgan fingerprint density at radius 3 is 3.07 bits per heavy atom. The minimum atomic E-state index is 0.125. The van der Waals surface area contributed by atoms with Crippen LogP contribution in [0.1, 0.15) is 24.6 Å². The quantitative estimate of drug-likeness (QED) is 0.802. The van der Waals surface area contributed by atoms with Crippen molar-refractivity contribution in [1.82, 2.24) is 5.32 Å². The molecule has 1 heterocycles. The molecule has 0 saturated heterocycles. The number of rotatable bonds is 6. The molecule has 1 rings (SSSR count).